The highest BCUT2D eigenvalue weighted by Crippen LogP contribution is 2.35. The van der Waals surface area contributed by atoms with E-state index in [-0.39, 0.29) is 23.5 Å². The highest BCUT2D eigenvalue weighted by atomic mass is 19.4. The van der Waals surface area contributed by atoms with Crippen LogP contribution in [0.4, 0.5) is 13.2 Å². The van der Waals surface area contributed by atoms with Gasteiger partial charge in [-0.1, -0.05) is 12.1 Å². The summed E-state index contributed by atoms with van der Waals surface area (Å²) in [5, 5.41) is 0. The largest absolute Gasteiger partial charge is 0.573 e. The smallest absolute Gasteiger partial charge is 0.493 e. The van der Waals surface area contributed by atoms with E-state index in [1.54, 1.807) is 36.3 Å². The number of fused-ring (bicyclic) bond motifs is 1. The molecular weight excluding hydrogens is 513 g/mol. The van der Waals surface area contributed by atoms with Crippen molar-refractivity contribution in [2.75, 3.05) is 39.9 Å². The molecule has 0 aromatic heterocycles. The predicted octanol–water partition coefficient (Wildman–Crippen LogP) is 5.02. The number of carbonyl (C=O) groups excluding carboxylic acids is 2. The number of likely N-dealkylation sites (tertiary alicyclic amines) is 2. The van der Waals surface area contributed by atoms with Gasteiger partial charge in [-0.05, 0) is 79.0 Å². The number of amides is 2. The first-order valence-corrected chi connectivity index (χ1v) is 13.1. The number of ether oxygens (including phenoxy) is 3. The molecule has 1 aliphatic carbocycles. The van der Waals surface area contributed by atoms with Gasteiger partial charge in [-0.2, -0.15) is 0 Å². The van der Waals surface area contributed by atoms with Gasteiger partial charge in [0.2, 0.25) is 5.91 Å². The lowest BCUT2D eigenvalue weighted by molar-refractivity contribution is -0.274. The number of piperidine rings is 1. The lowest BCUT2D eigenvalue weighted by Gasteiger charge is -2.34. The number of hydrogen-bond donors (Lipinski definition) is 0. The van der Waals surface area contributed by atoms with Gasteiger partial charge in [0.25, 0.3) is 5.91 Å². The van der Waals surface area contributed by atoms with Crippen LogP contribution in [0.1, 0.15) is 35.2 Å². The Bertz CT molecular complexity index is 1230. The summed E-state index contributed by atoms with van der Waals surface area (Å²) in [4.78, 5) is 29.8. The summed E-state index contributed by atoms with van der Waals surface area (Å²) in [6.07, 6.45) is 1.40. The van der Waals surface area contributed by atoms with Crippen LogP contribution in [0.25, 0.3) is 6.08 Å². The van der Waals surface area contributed by atoms with E-state index < -0.39 is 6.36 Å². The van der Waals surface area contributed by atoms with Crippen molar-refractivity contribution >= 4 is 17.9 Å². The molecule has 2 heterocycles. The molecule has 2 aromatic rings. The standard InChI is InChI=1S/C29H31F3N2O5/c1-37-25-10-7-21(14-26(25)38-18-20-2-3-20)28(36)33-13-12-22-15-34(17-23(22)16-33)27(35)11-6-19-4-8-24(9-5-19)39-29(30,31)32/h4-11,14,20,22-23H,2-3,12-13,15-18H2,1H3/b11-6+/t22-,23+/m1/s1. The predicted molar refractivity (Wildman–Crippen MR) is 137 cm³/mol. The molecule has 2 amide bonds. The second-order valence-electron chi connectivity index (χ2n) is 10.4. The Kier molecular flexibility index (Phi) is 7.72. The second kappa shape index (κ2) is 11.2. The Balaban J connectivity index is 1.16. The molecule has 2 aromatic carbocycles. The van der Waals surface area contributed by atoms with Gasteiger partial charge in [-0.3, -0.25) is 9.59 Å². The lowest BCUT2D eigenvalue weighted by atomic mass is 9.88. The SMILES string of the molecule is COc1ccc(C(=O)N2CC[C@@H]3CN(C(=O)/C=C/c4ccc(OC(F)(F)F)cc4)C[C@@H]3C2)cc1OCC1CC1. The monoisotopic (exact) mass is 544 g/mol. The van der Waals surface area contributed by atoms with Crippen molar-refractivity contribution in [3.8, 4) is 17.2 Å². The molecule has 208 valence electrons. The van der Waals surface area contributed by atoms with E-state index in [0.717, 1.165) is 6.42 Å². The maximum atomic E-state index is 13.3. The minimum atomic E-state index is -4.75. The van der Waals surface area contributed by atoms with Gasteiger partial charge in [-0.25, -0.2) is 0 Å². The van der Waals surface area contributed by atoms with Crippen molar-refractivity contribution in [3.05, 3.63) is 59.7 Å². The van der Waals surface area contributed by atoms with E-state index in [9.17, 15) is 22.8 Å². The number of benzene rings is 2. The van der Waals surface area contributed by atoms with Gasteiger partial charge in [0.15, 0.2) is 11.5 Å². The number of hydrogen-bond acceptors (Lipinski definition) is 5. The van der Waals surface area contributed by atoms with Crippen molar-refractivity contribution in [1.29, 1.82) is 0 Å². The molecule has 0 unspecified atom stereocenters. The Morgan fingerprint density at radius 2 is 1.67 bits per heavy atom. The zero-order chi connectivity index (χ0) is 27.6. The molecule has 3 fully saturated rings. The number of nitrogens with zero attached hydrogens (tertiary/aromatic N) is 2. The summed E-state index contributed by atoms with van der Waals surface area (Å²) in [5.41, 5.74) is 1.15. The third kappa shape index (κ3) is 6.85. The highest BCUT2D eigenvalue weighted by Gasteiger charge is 2.39. The Morgan fingerprint density at radius 3 is 2.36 bits per heavy atom. The topological polar surface area (TPSA) is 68.3 Å². The molecule has 0 radical (unpaired) electrons. The van der Waals surface area contributed by atoms with Gasteiger partial charge < -0.3 is 24.0 Å². The van der Waals surface area contributed by atoms with Gasteiger partial charge in [0.1, 0.15) is 5.75 Å². The normalized spacial score (nSPS) is 21.1. The fourth-order valence-corrected chi connectivity index (χ4v) is 5.18. The van der Waals surface area contributed by atoms with Crippen LogP contribution >= 0.6 is 0 Å². The maximum Gasteiger partial charge on any atom is 0.573 e. The summed E-state index contributed by atoms with van der Waals surface area (Å²) < 4.78 is 52.2. The molecule has 5 rings (SSSR count). The Hall–Kier alpha value is -3.69. The summed E-state index contributed by atoms with van der Waals surface area (Å²) in [7, 11) is 1.58. The molecule has 0 N–H and O–H groups in total. The van der Waals surface area contributed by atoms with Crippen LogP contribution in [-0.2, 0) is 4.79 Å². The molecule has 7 nitrogen and oxygen atoms in total. The molecule has 2 aliphatic heterocycles. The molecule has 0 spiro atoms. The summed E-state index contributed by atoms with van der Waals surface area (Å²) in [5.74, 6) is 1.73. The third-order valence-corrected chi connectivity index (χ3v) is 7.51. The average Bonchev–Trinajstić information content (AvgIpc) is 3.65. The van der Waals surface area contributed by atoms with Crippen LogP contribution in [0.15, 0.2) is 48.5 Å². The van der Waals surface area contributed by atoms with Crippen LogP contribution in [0.5, 0.6) is 17.2 Å². The fourth-order valence-electron chi connectivity index (χ4n) is 5.18. The minimum absolute atomic E-state index is 0.0602. The molecule has 39 heavy (non-hydrogen) atoms. The fraction of sp³-hybridized carbons (Fsp3) is 0.448. The molecule has 10 heteroatoms. The number of rotatable bonds is 8. The molecule has 2 atom stereocenters. The van der Waals surface area contributed by atoms with Crippen LogP contribution in [0, 0.1) is 17.8 Å². The highest BCUT2D eigenvalue weighted by molar-refractivity contribution is 5.95. The first kappa shape index (κ1) is 26.9. The van der Waals surface area contributed by atoms with E-state index in [2.05, 4.69) is 4.74 Å². The Morgan fingerprint density at radius 1 is 0.949 bits per heavy atom. The zero-order valence-corrected chi connectivity index (χ0v) is 21.7. The van der Waals surface area contributed by atoms with Crippen molar-refractivity contribution in [2.24, 2.45) is 17.8 Å². The minimum Gasteiger partial charge on any atom is -0.493 e. The van der Waals surface area contributed by atoms with E-state index in [0.29, 0.717) is 67.2 Å². The summed E-state index contributed by atoms with van der Waals surface area (Å²) >= 11 is 0. The molecular formula is C29H31F3N2O5. The van der Waals surface area contributed by atoms with Gasteiger partial charge >= 0.3 is 6.36 Å². The number of halogens is 3. The Labute approximate surface area is 225 Å². The van der Waals surface area contributed by atoms with Gasteiger partial charge in [-0.15, -0.1) is 13.2 Å². The number of carbonyl (C=O) groups is 2. The summed E-state index contributed by atoms with van der Waals surface area (Å²) in [6.45, 7) is 2.98. The maximum absolute atomic E-state index is 13.3. The molecule has 3 aliphatic rings. The second-order valence-corrected chi connectivity index (χ2v) is 10.4. The van der Waals surface area contributed by atoms with E-state index >= 15 is 0 Å². The van der Waals surface area contributed by atoms with Crippen molar-refractivity contribution in [1.82, 2.24) is 9.80 Å². The number of methoxy groups -OCH3 is 1. The van der Waals surface area contributed by atoms with Crippen molar-refractivity contribution in [3.63, 3.8) is 0 Å². The zero-order valence-electron chi connectivity index (χ0n) is 21.7. The van der Waals surface area contributed by atoms with Crippen molar-refractivity contribution in [2.45, 2.75) is 25.6 Å². The molecule has 1 saturated carbocycles. The van der Waals surface area contributed by atoms with E-state index in [4.69, 9.17) is 9.47 Å². The molecule has 0 bridgehead atoms. The van der Waals surface area contributed by atoms with Crippen LogP contribution in [0.3, 0.4) is 0 Å². The van der Waals surface area contributed by atoms with Crippen LogP contribution < -0.4 is 14.2 Å². The number of alkyl halides is 3. The van der Waals surface area contributed by atoms with Crippen LogP contribution in [-0.4, -0.2) is 67.9 Å². The van der Waals surface area contributed by atoms with Crippen LogP contribution in [0.2, 0.25) is 0 Å². The van der Waals surface area contributed by atoms with E-state index in [1.807, 2.05) is 4.90 Å². The quantitative estimate of drug-likeness (QED) is 0.437. The first-order valence-electron chi connectivity index (χ1n) is 13.1. The molecule has 2 saturated heterocycles. The van der Waals surface area contributed by atoms with Crippen molar-refractivity contribution < 1.29 is 37.0 Å². The van der Waals surface area contributed by atoms with Gasteiger partial charge in [0.05, 0.1) is 13.7 Å². The van der Waals surface area contributed by atoms with E-state index in [1.165, 1.54) is 43.2 Å². The van der Waals surface area contributed by atoms with Gasteiger partial charge in [0, 0.05) is 37.8 Å². The third-order valence-electron chi connectivity index (χ3n) is 7.51. The first-order chi connectivity index (χ1) is 18.7. The average molecular weight is 545 g/mol. The lowest BCUT2D eigenvalue weighted by Crippen LogP contribution is -2.43. The summed E-state index contributed by atoms with van der Waals surface area (Å²) in [6, 6.07) is 10.6.